The fraction of sp³-hybridized carbons (Fsp3) is 0.867. The Morgan fingerprint density at radius 1 is 0.588 bits per heavy atom. The van der Waals surface area contributed by atoms with E-state index in [4.69, 9.17) is 0 Å². The molecule has 34 heavy (non-hydrogen) atoms. The van der Waals surface area contributed by atoms with Gasteiger partial charge >= 0.3 is 0 Å². The quantitative estimate of drug-likeness (QED) is 0.343. The first-order chi connectivity index (χ1) is 15.5. The van der Waals surface area contributed by atoms with Crippen molar-refractivity contribution in [1.29, 1.82) is 0 Å². The van der Waals surface area contributed by atoms with Crippen LogP contribution in [0.5, 0.6) is 0 Å². The summed E-state index contributed by atoms with van der Waals surface area (Å²) in [5, 5.41) is 48.1. The van der Waals surface area contributed by atoms with Crippen molar-refractivity contribution < 1.29 is 20.4 Å². The van der Waals surface area contributed by atoms with E-state index in [1.165, 1.54) is 0 Å². The summed E-state index contributed by atoms with van der Waals surface area (Å²) >= 11 is 0. The summed E-state index contributed by atoms with van der Waals surface area (Å²) in [6.07, 6.45) is 12.3. The fourth-order valence-electron chi connectivity index (χ4n) is 8.46. The van der Waals surface area contributed by atoms with Gasteiger partial charge < -0.3 is 20.4 Å². The van der Waals surface area contributed by atoms with Crippen LogP contribution in [0.15, 0.2) is 23.3 Å². The molecule has 4 nitrogen and oxygen atoms in total. The number of rotatable bonds is 6. The van der Waals surface area contributed by atoms with Crippen molar-refractivity contribution in [2.24, 2.45) is 16.2 Å². The Kier molecular flexibility index (Phi) is 7.15. The van der Waals surface area contributed by atoms with Gasteiger partial charge in [-0.05, 0) is 76.4 Å². The molecule has 1 fully saturated rings. The van der Waals surface area contributed by atoms with Crippen LogP contribution in [0, 0.1) is 16.2 Å². The molecule has 4 heteroatoms. The predicted molar refractivity (Wildman–Crippen MR) is 139 cm³/mol. The van der Waals surface area contributed by atoms with Crippen LogP contribution in [0.1, 0.15) is 126 Å². The normalized spacial score (nSPS) is 47.2. The molecule has 0 saturated heterocycles. The highest BCUT2D eigenvalue weighted by atomic mass is 16.3. The van der Waals surface area contributed by atoms with Gasteiger partial charge in [0, 0.05) is 16.2 Å². The molecule has 6 atom stereocenters. The molecule has 4 N–H and O–H groups in total. The third-order valence-corrected chi connectivity index (χ3v) is 10.6. The SMILES string of the molecule is CCC1(C)CC(C)(O)C=C(C2(C3=CC(C)(O)CC(C)(CC)C3(O)CC)CCCCC2)C1(O)CC. The maximum Gasteiger partial charge on any atom is 0.0918 e. The average Bonchev–Trinajstić information content (AvgIpc) is 2.78. The molecule has 196 valence electrons. The smallest absolute Gasteiger partial charge is 0.0918 e. The fourth-order valence-corrected chi connectivity index (χ4v) is 8.46. The molecule has 0 aromatic heterocycles. The third kappa shape index (κ3) is 3.96. The van der Waals surface area contributed by atoms with Crippen LogP contribution in [0.2, 0.25) is 0 Å². The van der Waals surface area contributed by atoms with E-state index >= 15 is 0 Å². The Labute approximate surface area is 208 Å². The van der Waals surface area contributed by atoms with Crippen molar-refractivity contribution in [1.82, 2.24) is 0 Å². The Bertz CT molecular complexity index is 771. The molecular weight excluding hydrogens is 424 g/mol. The molecule has 0 aromatic carbocycles. The minimum atomic E-state index is -1.09. The molecule has 3 aliphatic carbocycles. The van der Waals surface area contributed by atoms with E-state index in [1.54, 1.807) is 0 Å². The first kappa shape index (κ1) is 27.9. The second-order valence-electron chi connectivity index (χ2n) is 13.1. The van der Waals surface area contributed by atoms with Crippen molar-refractivity contribution in [2.75, 3.05) is 0 Å². The summed E-state index contributed by atoms with van der Waals surface area (Å²) in [7, 11) is 0. The lowest BCUT2D eigenvalue weighted by atomic mass is 9.45. The van der Waals surface area contributed by atoms with Crippen LogP contribution >= 0.6 is 0 Å². The maximum atomic E-state index is 12.5. The van der Waals surface area contributed by atoms with Gasteiger partial charge in [-0.1, -0.05) is 73.0 Å². The second kappa shape index (κ2) is 8.71. The molecule has 3 aliphatic rings. The lowest BCUT2D eigenvalue weighted by Gasteiger charge is -2.62. The van der Waals surface area contributed by atoms with Crippen molar-refractivity contribution in [3.63, 3.8) is 0 Å². The average molecular weight is 477 g/mol. The molecule has 0 bridgehead atoms. The monoisotopic (exact) mass is 476 g/mol. The van der Waals surface area contributed by atoms with Gasteiger partial charge in [-0.2, -0.15) is 0 Å². The van der Waals surface area contributed by atoms with Gasteiger partial charge in [-0.15, -0.1) is 0 Å². The largest absolute Gasteiger partial charge is 0.386 e. The molecule has 3 rings (SSSR count). The Morgan fingerprint density at radius 2 is 0.941 bits per heavy atom. The maximum absolute atomic E-state index is 12.5. The van der Waals surface area contributed by atoms with Gasteiger partial charge in [-0.3, -0.25) is 0 Å². The van der Waals surface area contributed by atoms with Crippen LogP contribution in [-0.2, 0) is 0 Å². The van der Waals surface area contributed by atoms with Gasteiger partial charge in [-0.25, -0.2) is 0 Å². The third-order valence-electron chi connectivity index (χ3n) is 10.6. The Morgan fingerprint density at radius 3 is 1.24 bits per heavy atom. The van der Waals surface area contributed by atoms with Crippen LogP contribution in [-0.4, -0.2) is 42.8 Å². The summed E-state index contributed by atoms with van der Waals surface area (Å²) < 4.78 is 0. The van der Waals surface area contributed by atoms with Gasteiger partial charge in [0.15, 0.2) is 0 Å². The number of aliphatic hydroxyl groups is 4. The van der Waals surface area contributed by atoms with E-state index in [1.807, 2.05) is 39.8 Å². The summed E-state index contributed by atoms with van der Waals surface area (Å²) in [5.74, 6) is 0. The van der Waals surface area contributed by atoms with Crippen LogP contribution < -0.4 is 0 Å². The van der Waals surface area contributed by atoms with Gasteiger partial charge in [0.25, 0.3) is 0 Å². The molecule has 0 radical (unpaired) electrons. The molecule has 0 aromatic rings. The van der Waals surface area contributed by atoms with Gasteiger partial charge in [0.05, 0.1) is 22.4 Å². The molecule has 0 spiro atoms. The minimum absolute atomic E-state index is 0.490. The van der Waals surface area contributed by atoms with Crippen molar-refractivity contribution >= 4 is 0 Å². The second-order valence-corrected chi connectivity index (χ2v) is 13.1. The topological polar surface area (TPSA) is 80.9 Å². The summed E-state index contributed by atoms with van der Waals surface area (Å²) in [6, 6.07) is 0. The lowest BCUT2D eigenvalue weighted by Crippen LogP contribution is -2.62. The highest BCUT2D eigenvalue weighted by Crippen LogP contribution is 2.66. The van der Waals surface area contributed by atoms with E-state index in [0.29, 0.717) is 25.7 Å². The van der Waals surface area contributed by atoms with E-state index in [9.17, 15) is 20.4 Å². The van der Waals surface area contributed by atoms with E-state index in [-0.39, 0.29) is 0 Å². The molecule has 0 aliphatic heterocycles. The van der Waals surface area contributed by atoms with Crippen molar-refractivity contribution in [2.45, 2.75) is 148 Å². The predicted octanol–water partition coefficient (Wildman–Crippen LogP) is 6.21. The van der Waals surface area contributed by atoms with Crippen LogP contribution in [0.3, 0.4) is 0 Å². The zero-order chi connectivity index (χ0) is 25.8. The van der Waals surface area contributed by atoms with Crippen LogP contribution in [0.4, 0.5) is 0 Å². The number of hydrogen-bond acceptors (Lipinski definition) is 4. The molecule has 0 amide bonds. The number of hydrogen-bond donors (Lipinski definition) is 4. The summed E-state index contributed by atoms with van der Waals surface area (Å²) in [6.45, 7) is 16.3. The van der Waals surface area contributed by atoms with Crippen LogP contribution in [0.25, 0.3) is 0 Å². The summed E-state index contributed by atoms with van der Waals surface area (Å²) in [5.41, 5.74) is -4.06. The van der Waals surface area contributed by atoms with Gasteiger partial charge in [0.2, 0.25) is 0 Å². The zero-order valence-corrected chi connectivity index (χ0v) is 23.2. The van der Waals surface area contributed by atoms with Gasteiger partial charge in [0.1, 0.15) is 0 Å². The Hall–Kier alpha value is -0.680. The van der Waals surface area contributed by atoms with E-state index in [0.717, 1.165) is 56.1 Å². The highest BCUT2D eigenvalue weighted by Gasteiger charge is 2.64. The lowest BCUT2D eigenvalue weighted by molar-refractivity contribution is -0.131. The molecule has 0 heterocycles. The molecule has 6 unspecified atom stereocenters. The van der Waals surface area contributed by atoms with E-state index < -0.39 is 38.6 Å². The summed E-state index contributed by atoms with van der Waals surface area (Å²) in [4.78, 5) is 0. The first-order valence-corrected chi connectivity index (χ1v) is 13.9. The molecule has 1 saturated carbocycles. The van der Waals surface area contributed by atoms with Crippen molar-refractivity contribution in [3.8, 4) is 0 Å². The standard InChI is InChI=1S/C30H52O4/c1-9-24(5)20-26(7,31)18-22(29(24,33)11-3)28(16-14-13-15-17-28)23-19-27(8,32)21-25(6,10-2)30(23,34)12-4/h18-19,31-34H,9-17,20-21H2,1-8H3. The van der Waals surface area contributed by atoms with Crippen molar-refractivity contribution in [3.05, 3.63) is 23.3 Å². The zero-order valence-electron chi connectivity index (χ0n) is 23.2. The Balaban J connectivity index is 2.41. The minimum Gasteiger partial charge on any atom is -0.386 e. The molecular formula is C30H52O4. The first-order valence-electron chi connectivity index (χ1n) is 13.9. The van der Waals surface area contributed by atoms with E-state index in [2.05, 4.69) is 27.7 Å². The highest BCUT2D eigenvalue weighted by molar-refractivity contribution is 5.48.